The van der Waals surface area contributed by atoms with Gasteiger partial charge in [0.05, 0.1) is 11.1 Å². The van der Waals surface area contributed by atoms with Crippen molar-refractivity contribution in [1.29, 1.82) is 0 Å². The van der Waals surface area contributed by atoms with Crippen molar-refractivity contribution in [2.75, 3.05) is 0 Å². The Bertz CT molecular complexity index is 785. The van der Waals surface area contributed by atoms with Gasteiger partial charge in [0.25, 0.3) is 0 Å². The highest BCUT2D eigenvalue weighted by molar-refractivity contribution is 9.18. The summed E-state index contributed by atoms with van der Waals surface area (Å²) in [7, 11) is 0. The van der Waals surface area contributed by atoms with E-state index in [0.29, 0.717) is 16.5 Å². The number of hydrogen-bond donors (Lipinski definition) is 0. The molecule has 0 saturated heterocycles. The second-order valence-corrected chi connectivity index (χ2v) is 5.96. The van der Waals surface area contributed by atoms with Crippen molar-refractivity contribution in [3.8, 4) is 0 Å². The van der Waals surface area contributed by atoms with Crippen LogP contribution in [0.15, 0.2) is 24.3 Å². The summed E-state index contributed by atoms with van der Waals surface area (Å²) < 4.78 is 6.60. The van der Waals surface area contributed by atoms with Gasteiger partial charge in [-0.05, 0) is 55.1 Å². The molecule has 1 aliphatic heterocycles. The van der Waals surface area contributed by atoms with Crippen molar-refractivity contribution in [2.45, 2.75) is 0 Å². The first-order valence-corrected chi connectivity index (χ1v) is 7.10. The number of ether oxygens (including phenoxy) is 1. The molecular formula is C14H4Br2O3. The summed E-state index contributed by atoms with van der Waals surface area (Å²) in [6.07, 6.45) is 0. The number of benzene rings is 2. The van der Waals surface area contributed by atoms with Crippen LogP contribution in [0.25, 0.3) is 19.7 Å². The molecule has 92 valence electrons. The Kier molecular flexibility index (Phi) is 2.13. The molecule has 0 fully saturated rings. The predicted octanol–water partition coefficient (Wildman–Crippen LogP) is 4.08. The lowest BCUT2D eigenvalue weighted by atomic mass is 9.93. The Morgan fingerprint density at radius 3 is 1.53 bits per heavy atom. The lowest BCUT2D eigenvalue weighted by Crippen LogP contribution is -2.19. The monoisotopic (exact) mass is 378 g/mol. The van der Waals surface area contributed by atoms with Gasteiger partial charge in [0, 0.05) is 19.7 Å². The molecule has 2 aliphatic rings. The molecule has 1 heterocycles. The average molecular weight is 380 g/mol. The molecule has 0 N–H and O–H groups in total. The Hall–Kier alpha value is -1.46. The van der Waals surface area contributed by atoms with Crippen molar-refractivity contribution in [1.82, 2.24) is 0 Å². The lowest BCUT2D eigenvalue weighted by Gasteiger charge is -2.16. The van der Waals surface area contributed by atoms with E-state index in [1.165, 1.54) is 0 Å². The van der Waals surface area contributed by atoms with E-state index in [4.69, 9.17) is 4.74 Å². The van der Waals surface area contributed by atoms with Crippen LogP contribution in [0.4, 0.5) is 0 Å². The molecule has 5 heteroatoms. The molecule has 4 rings (SSSR count). The van der Waals surface area contributed by atoms with Crippen LogP contribution < -0.4 is 0 Å². The number of esters is 2. The number of carbonyl (C=O) groups is 2. The van der Waals surface area contributed by atoms with Crippen LogP contribution in [0.5, 0.6) is 0 Å². The summed E-state index contributed by atoms with van der Waals surface area (Å²) in [5.41, 5.74) is 2.84. The molecule has 3 nitrogen and oxygen atoms in total. The number of cyclic esters (lactones) is 2. The molecule has 0 saturated carbocycles. The first-order chi connectivity index (χ1) is 9.09. The normalized spacial score (nSPS) is 16.3. The molecule has 0 atom stereocenters. The van der Waals surface area contributed by atoms with Crippen LogP contribution in [-0.4, -0.2) is 11.9 Å². The van der Waals surface area contributed by atoms with Crippen molar-refractivity contribution < 1.29 is 14.3 Å². The SMILES string of the molecule is O=C1OC(=O)c2ccc3c4c(ccc1c24)C(Br)=C3Br. The zero-order chi connectivity index (χ0) is 13.3. The molecular weight excluding hydrogens is 376 g/mol. The van der Waals surface area contributed by atoms with E-state index in [9.17, 15) is 9.59 Å². The number of hydrogen-bond acceptors (Lipinski definition) is 3. The smallest absolute Gasteiger partial charge is 0.346 e. The maximum absolute atomic E-state index is 11.8. The molecule has 2 aromatic carbocycles. The fourth-order valence-corrected chi connectivity index (χ4v) is 3.72. The van der Waals surface area contributed by atoms with Gasteiger partial charge in [-0.2, -0.15) is 0 Å². The van der Waals surface area contributed by atoms with Crippen molar-refractivity contribution in [3.05, 3.63) is 46.5 Å². The highest BCUT2D eigenvalue weighted by atomic mass is 79.9. The minimum atomic E-state index is -0.583. The molecule has 0 bridgehead atoms. The quantitative estimate of drug-likeness (QED) is 0.511. The standard InChI is InChI=1S/C14H4Br2O3/c15-11-5-1-3-7-10-8(14(18)19-13(7)17)4-2-6(9(5)10)12(11)16/h1-4H. The third kappa shape index (κ3) is 1.27. The average Bonchev–Trinajstić information content (AvgIpc) is 2.65. The molecule has 0 spiro atoms. The van der Waals surface area contributed by atoms with Crippen LogP contribution in [-0.2, 0) is 4.74 Å². The van der Waals surface area contributed by atoms with Gasteiger partial charge in [0.1, 0.15) is 0 Å². The zero-order valence-corrected chi connectivity index (χ0v) is 12.5. The summed E-state index contributed by atoms with van der Waals surface area (Å²) >= 11 is 7.06. The highest BCUT2D eigenvalue weighted by Gasteiger charge is 2.32. The van der Waals surface area contributed by atoms with E-state index < -0.39 is 11.9 Å². The van der Waals surface area contributed by atoms with E-state index in [2.05, 4.69) is 31.9 Å². The third-order valence-corrected chi connectivity index (χ3v) is 5.63. The first-order valence-electron chi connectivity index (χ1n) is 5.52. The Labute approximate surface area is 124 Å². The number of rotatable bonds is 0. The van der Waals surface area contributed by atoms with Gasteiger partial charge in [-0.25, -0.2) is 9.59 Å². The van der Waals surface area contributed by atoms with Gasteiger partial charge >= 0.3 is 11.9 Å². The summed E-state index contributed by atoms with van der Waals surface area (Å²) in [6.45, 7) is 0. The van der Waals surface area contributed by atoms with E-state index >= 15 is 0 Å². The van der Waals surface area contributed by atoms with Gasteiger partial charge in [-0.1, -0.05) is 12.1 Å². The van der Waals surface area contributed by atoms with Crippen molar-refractivity contribution >= 4 is 63.5 Å². The summed E-state index contributed by atoms with van der Waals surface area (Å²) in [5, 5.41) is 1.60. The second kappa shape index (κ2) is 3.55. The van der Waals surface area contributed by atoms with Crippen LogP contribution >= 0.6 is 31.9 Å². The predicted molar refractivity (Wildman–Crippen MR) is 78.4 cm³/mol. The summed E-state index contributed by atoms with van der Waals surface area (Å²) in [6, 6.07) is 7.12. The topological polar surface area (TPSA) is 43.4 Å². The van der Waals surface area contributed by atoms with Crippen LogP contribution in [0, 0.1) is 0 Å². The molecule has 2 aromatic rings. The summed E-state index contributed by atoms with van der Waals surface area (Å²) in [4.78, 5) is 23.6. The van der Waals surface area contributed by atoms with Gasteiger partial charge in [-0.15, -0.1) is 0 Å². The van der Waals surface area contributed by atoms with Gasteiger partial charge < -0.3 is 4.74 Å². The van der Waals surface area contributed by atoms with E-state index in [0.717, 1.165) is 25.5 Å². The third-order valence-electron chi connectivity index (χ3n) is 3.45. The molecule has 1 aliphatic carbocycles. The summed E-state index contributed by atoms with van der Waals surface area (Å²) in [5.74, 6) is -1.17. The minimum Gasteiger partial charge on any atom is -0.386 e. The van der Waals surface area contributed by atoms with Crippen LogP contribution in [0.1, 0.15) is 31.8 Å². The van der Waals surface area contributed by atoms with Crippen molar-refractivity contribution in [3.63, 3.8) is 0 Å². The largest absolute Gasteiger partial charge is 0.386 e. The lowest BCUT2D eigenvalue weighted by molar-refractivity contribution is 0.0391. The number of halogens is 2. The fraction of sp³-hybridized carbons (Fsp3) is 0. The van der Waals surface area contributed by atoms with E-state index in [1.807, 2.05) is 12.1 Å². The van der Waals surface area contributed by atoms with Gasteiger partial charge in [0.15, 0.2) is 0 Å². The molecule has 0 aromatic heterocycles. The maximum Gasteiger partial charge on any atom is 0.346 e. The fourth-order valence-electron chi connectivity index (χ4n) is 2.63. The number of carbonyl (C=O) groups excluding carboxylic acids is 2. The molecule has 0 unspecified atom stereocenters. The highest BCUT2D eigenvalue weighted by Crippen LogP contribution is 2.49. The zero-order valence-electron chi connectivity index (χ0n) is 9.29. The molecule has 0 radical (unpaired) electrons. The Balaban J connectivity index is 2.29. The Morgan fingerprint density at radius 1 is 0.684 bits per heavy atom. The maximum atomic E-state index is 11.8. The second-order valence-electron chi connectivity index (χ2n) is 4.38. The first kappa shape index (κ1) is 11.4. The molecule has 0 amide bonds. The minimum absolute atomic E-state index is 0.442. The van der Waals surface area contributed by atoms with E-state index in [1.54, 1.807) is 12.1 Å². The Morgan fingerprint density at radius 2 is 1.05 bits per heavy atom. The van der Waals surface area contributed by atoms with Crippen LogP contribution in [0.3, 0.4) is 0 Å². The van der Waals surface area contributed by atoms with Gasteiger partial charge in [-0.3, -0.25) is 0 Å². The van der Waals surface area contributed by atoms with E-state index in [-0.39, 0.29) is 0 Å². The van der Waals surface area contributed by atoms with Crippen molar-refractivity contribution in [2.24, 2.45) is 0 Å². The van der Waals surface area contributed by atoms with Crippen LogP contribution in [0.2, 0.25) is 0 Å². The molecule has 19 heavy (non-hydrogen) atoms. The van der Waals surface area contributed by atoms with Gasteiger partial charge in [0.2, 0.25) is 0 Å².